The van der Waals surface area contributed by atoms with E-state index in [0.29, 0.717) is 35.1 Å². The molecule has 0 saturated carbocycles. The first-order valence-corrected chi connectivity index (χ1v) is 29.2. The van der Waals surface area contributed by atoms with Crippen molar-refractivity contribution in [3.05, 3.63) is 138 Å². The van der Waals surface area contributed by atoms with Crippen molar-refractivity contribution in [2.24, 2.45) is 11.5 Å². The Hall–Kier alpha value is -7.97. The van der Waals surface area contributed by atoms with Crippen molar-refractivity contribution < 1.29 is 58.5 Å². The van der Waals surface area contributed by atoms with Crippen LogP contribution in [-0.4, -0.2) is 152 Å². The summed E-state index contributed by atoms with van der Waals surface area (Å²) in [4.78, 5) is 130. The number of rotatable bonds is 16. The molecule has 0 unspecified atom stereocenters. The average molecular weight is 1170 g/mol. The fourth-order valence-electron chi connectivity index (χ4n) is 8.87. The lowest BCUT2D eigenvalue weighted by atomic mass is 10.0. The Bertz CT molecular complexity index is 2990. The number of carboxylic acids is 1. The molecule has 0 spiro atoms. The van der Waals surface area contributed by atoms with E-state index in [9.17, 15) is 58.5 Å². The van der Waals surface area contributed by atoms with Gasteiger partial charge in [0.1, 0.15) is 54.1 Å². The van der Waals surface area contributed by atoms with E-state index >= 15 is 0 Å². The Morgan fingerprint density at radius 1 is 0.622 bits per heavy atom. The van der Waals surface area contributed by atoms with Gasteiger partial charge in [-0.25, -0.2) is 4.79 Å². The van der Waals surface area contributed by atoms with Crippen molar-refractivity contribution in [3.63, 3.8) is 0 Å². The van der Waals surface area contributed by atoms with Crippen LogP contribution in [-0.2, 0) is 68.8 Å². The molecule has 23 nitrogen and oxygen atoms in total. The van der Waals surface area contributed by atoms with Crippen LogP contribution >= 0.6 is 21.6 Å². The number of phenols is 1. The van der Waals surface area contributed by atoms with E-state index in [1.165, 1.54) is 26.0 Å². The third-order valence-electron chi connectivity index (χ3n) is 13.5. The lowest BCUT2D eigenvalue weighted by molar-refractivity contribution is -0.141. The highest BCUT2D eigenvalue weighted by Crippen LogP contribution is 2.24. The van der Waals surface area contributed by atoms with Crippen LogP contribution in [0.1, 0.15) is 55.4 Å². The highest BCUT2D eigenvalue weighted by Gasteiger charge is 2.36. The molecule has 0 aliphatic carbocycles. The zero-order chi connectivity index (χ0) is 59.3. The molecule has 1 saturated heterocycles. The number of amides is 8. The first-order chi connectivity index (χ1) is 39.3. The molecule has 1 aliphatic heterocycles. The fourth-order valence-corrected chi connectivity index (χ4v) is 11.2. The molecule has 0 radical (unpaired) electrons. The van der Waals surface area contributed by atoms with Gasteiger partial charge < -0.3 is 74.3 Å². The van der Waals surface area contributed by atoms with Gasteiger partial charge in [-0.3, -0.25) is 38.4 Å². The fraction of sp³-hybridized carbons (Fsp3) is 0.386. The minimum Gasteiger partial charge on any atom is -0.508 e. The lowest BCUT2D eigenvalue weighted by Gasteiger charge is -2.28. The van der Waals surface area contributed by atoms with Gasteiger partial charge in [0.05, 0.1) is 12.1 Å². The van der Waals surface area contributed by atoms with Crippen molar-refractivity contribution in [2.75, 3.05) is 18.1 Å². The number of aliphatic hydroxyl groups is 1. The number of unbranched alkanes of at least 4 members (excludes halogenated alkanes) is 1. The smallest absolute Gasteiger partial charge is 0.327 e. The summed E-state index contributed by atoms with van der Waals surface area (Å²) in [6, 6.07) is 17.4. The Labute approximate surface area is 481 Å². The molecular formula is C57H71N11O12S2. The van der Waals surface area contributed by atoms with E-state index in [1.54, 1.807) is 85.1 Å². The summed E-state index contributed by atoms with van der Waals surface area (Å²) in [7, 11) is 1.88. The van der Waals surface area contributed by atoms with Crippen molar-refractivity contribution in [1.29, 1.82) is 0 Å². The molecule has 2 heterocycles. The number of carbonyl (C=O) groups excluding carboxylic acids is 8. The number of aromatic nitrogens is 1. The number of hydrogen-bond acceptors (Lipinski definition) is 15. The van der Waals surface area contributed by atoms with Gasteiger partial charge in [0.15, 0.2) is 0 Å². The summed E-state index contributed by atoms with van der Waals surface area (Å²) in [5, 5.41) is 53.0. The molecule has 25 heteroatoms. The second-order valence-electron chi connectivity index (χ2n) is 19.9. The van der Waals surface area contributed by atoms with Crippen LogP contribution < -0.4 is 54.0 Å². The molecule has 438 valence electrons. The first kappa shape index (κ1) is 63.2. The average Bonchev–Trinajstić information content (AvgIpc) is 4.02. The Balaban J connectivity index is 1.37. The number of aromatic amines is 1. The van der Waals surface area contributed by atoms with Gasteiger partial charge in [0.25, 0.3) is 0 Å². The second-order valence-corrected chi connectivity index (χ2v) is 22.5. The van der Waals surface area contributed by atoms with Crippen molar-refractivity contribution in [1.82, 2.24) is 47.5 Å². The number of H-pyrrole nitrogens is 1. The zero-order valence-electron chi connectivity index (χ0n) is 45.3. The number of carbonyl (C=O) groups is 9. The van der Waals surface area contributed by atoms with Crippen molar-refractivity contribution in [3.8, 4) is 5.75 Å². The molecule has 10 atom stereocenters. The molecule has 82 heavy (non-hydrogen) atoms. The first-order valence-electron chi connectivity index (χ1n) is 26.7. The molecule has 5 aromatic rings. The number of aliphatic carboxylic acids is 1. The quantitative estimate of drug-likeness (QED) is 0.0468. The van der Waals surface area contributed by atoms with Crippen LogP contribution in [0.5, 0.6) is 5.75 Å². The Morgan fingerprint density at radius 3 is 1.78 bits per heavy atom. The van der Waals surface area contributed by atoms with Crippen LogP contribution in [0.25, 0.3) is 10.9 Å². The van der Waals surface area contributed by atoms with Gasteiger partial charge >= 0.3 is 5.97 Å². The molecular weight excluding hydrogens is 1090 g/mol. The number of nitrogens with two attached hydrogens (primary N) is 2. The maximum absolute atomic E-state index is 14.7. The third-order valence-corrected chi connectivity index (χ3v) is 15.9. The zero-order valence-corrected chi connectivity index (χ0v) is 46.9. The van der Waals surface area contributed by atoms with Crippen LogP contribution in [0.15, 0.2) is 115 Å². The summed E-state index contributed by atoms with van der Waals surface area (Å²) in [6.45, 7) is 2.84. The number of nitrogens with one attached hydrogen (secondary N) is 9. The summed E-state index contributed by atoms with van der Waals surface area (Å²) < 4.78 is 0. The Kier molecular flexibility index (Phi) is 24.1. The molecule has 4 aromatic carbocycles. The van der Waals surface area contributed by atoms with Crippen LogP contribution in [0.2, 0.25) is 0 Å². The molecule has 0 bridgehead atoms. The van der Waals surface area contributed by atoms with E-state index < -0.39 is 114 Å². The van der Waals surface area contributed by atoms with Gasteiger partial charge in [-0.15, -0.1) is 0 Å². The SMILES string of the molecule is C[C@@H]1NC(=O)[C@H](Cc2ccccc2)NC(=O)[C@@H](NC(=O)[C@@H](N)Cc2ccc(O)cc2)CSSC[C@@H](C(=O)O)NC(=O)[C@H](Cc2ccccc2)NC(=O)[C@H]([C@@H](C)O)NC(=O)[C@H](CCCCN)NC(=O)[C@@H](Cc2c[nH]c3ccccc23)NC1=O. The van der Waals surface area contributed by atoms with E-state index in [-0.39, 0.29) is 55.9 Å². The molecule has 1 aliphatic rings. The maximum atomic E-state index is 14.7. The van der Waals surface area contributed by atoms with E-state index in [2.05, 4.69) is 47.5 Å². The van der Waals surface area contributed by atoms with Gasteiger partial charge in [-0.2, -0.15) is 0 Å². The topological polar surface area (TPSA) is 378 Å². The molecule has 1 aromatic heterocycles. The van der Waals surface area contributed by atoms with Crippen LogP contribution in [0.4, 0.5) is 0 Å². The van der Waals surface area contributed by atoms with Crippen molar-refractivity contribution >= 4 is 85.7 Å². The highest BCUT2D eigenvalue weighted by atomic mass is 33.1. The van der Waals surface area contributed by atoms with E-state index in [4.69, 9.17) is 11.5 Å². The van der Waals surface area contributed by atoms with Crippen LogP contribution in [0, 0.1) is 0 Å². The number of hydrogen-bond donors (Lipinski definition) is 14. The molecule has 1 fully saturated rings. The molecule has 6 rings (SSSR count). The predicted octanol–water partition coefficient (Wildman–Crippen LogP) is 0.359. The number of fused-ring (bicyclic) bond motifs is 1. The number of carboxylic acid groups (broad SMARTS) is 1. The summed E-state index contributed by atoms with van der Waals surface area (Å²) >= 11 is 0. The van der Waals surface area contributed by atoms with Gasteiger partial charge in [-0.05, 0) is 86.5 Å². The maximum Gasteiger partial charge on any atom is 0.327 e. The van der Waals surface area contributed by atoms with Crippen molar-refractivity contribution in [2.45, 2.75) is 119 Å². The number of aromatic hydroxyl groups is 1. The van der Waals surface area contributed by atoms with E-state index in [0.717, 1.165) is 32.5 Å². The summed E-state index contributed by atoms with van der Waals surface area (Å²) in [5.74, 6) is -8.98. The van der Waals surface area contributed by atoms with Gasteiger partial charge in [-0.1, -0.05) is 113 Å². The van der Waals surface area contributed by atoms with Gasteiger partial charge in [0.2, 0.25) is 47.3 Å². The third kappa shape index (κ3) is 19.1. The molecule has 16 N–H and O–H groups in total. The minimum absolute atomic E-state index is 0.00103. The molecule has 8 amide bonds. The highest BCUT2D eigenvalue weighted by molar-refractivity contribution is 8.76. The number of aliphatic hydroxyl groups excluding tert-OH is 1. The van der Waals surface area contributed by atoms with E-state index in [1.807, 2.05) is 18.2 Å². The Morgan fingerprint density at radius 2 is 1.16 bits per heavy atom. The van der Waals surface area contributed by atoms with Crippen LogP contribution in [0.3, 0.4) is 0 Å². The summed E-state index contributed by atoms with van der Waals surface area (Å²) in [5.41, 5.74) is 15.2. The predicted molar refractivity (Wildman–Crippen MR) is 310 cm³/mol. The second kappa shape index (κ2) is 31.3. The monoisotopic (exact) mass is 1170 g/mol. The number of benzene rings is 4. The number of phenolic OH excluding ortho intramolecular Hbond substituents is 1. The number of para-hydroxylation sites is 1. The standard InChI is InChI=1S/C57H71N11O12S2/c1-32-49(71)63-45(28-37-29-60-41-18-10-9-17-39(37)41)54(76)62-42(19-11-12-24-58)51(73)68-48(33(2)69)56(78)65-44(27-35-15-7-4-8-16-35)53(75)67-47(57(79)80)31-82-81-30-46(66-50(72)40(59)25-36-20-22-38(70)23-21-36)55(77)64-43(52(74)61-32)26-34-13-5-3-6-14-34/h3-10,13-18,20-23,29,32-33,40,42-48,60,69-70H,11-12,19,24-28,30-31,58-59H2,1-2H3,(H,61,74)(H,62,76)(H,63,71)(H,64,77)(H,65,78)(H,66,72)(H,67,75)(H,68,73)(H,79,80)/t32-,33+,40-,42-,43-,44-,45+,46-,47-,48-/m0/s1. The largest absolute Gasteiger partial charge is 0.508 e. The lowest BCUT2D eigenvalue weighted by Crippen LogP contribution is -2.62. The van der Waals surface area contributed by atoms with Gasteiger partial charge in [0, 0.05) is 47.9 Å². The summed E-state index contributed by atoms with van der Waals surface area (Å²) in [6.07, 6.45) is 0.421. The normalized spacial score (nSPS) is 23.1. The minimum atomic E-state index is -1.72.